The minimum Gasteiger partial charge on any atom is -0.310 e. The lowest BCUT2D eigenvalue weighted by molar-refractivity contribution is 0.372. The Morgan fingerprint density at radius 1 is 0.842 bits per heavy atom. The molecule has 0 amide bonds. The van der Waals surface area contributed by atoms with Crippen molar-refractivity contribution in [2.24, 2.45) is 0 Å². The van der Waals surface area contributed by atoms with E-state index in [9.17, 15) is 4.79 Å². The highest BCUT2D eigenvalue weighted by Crippen LogP contribution is 2.28. The first kappa shape index (κ1) is 16.0. The Bertz CT molecular complexity index is 478. The SMILES string of the molecule is CC(C)(C)c1cc(C(C)(C)C)c(=O)n(C(C)(C)C)c1. The maximum Gasteiger partial charge on any atom is 0.254 e. The lowest BCUT2D eigenvalue weighted by Crippen LogP contribution is -2.39. The largest absolute Gasteiger partial charge is 0.310 e. The second kappa shape index (κ2) is 4.50. The van der Waals surface area contributed by atoms with Gasteiger partial charge in [-0.25, -0.2) is 0 Å². The monoisotopic (exact) mass is 263 g/mol. The first-order chi connectivity index (χ1) is 8.24. The Kier molecular flexibility index (Phi) is 3.79. The summed E-state index contributed by atoms with van der Waals surface area (Å²) in [5, 5.41) is 0. The molecule has 0 saturated carbocycles. The zero-order valence-corrected chi connectivity index (χ0v) is 14.0. The van der Waals surface area contributed by atoms with Crippen LogP contribution in [-0.2, 0) is 16.4 Å². The molecule has 1 heterocycles. The Morgan fingerprint density at radius 3 is 1.63 bits per heavy atom. The van der Waals surface area contributed by atoms with Gasteiger partial charge < -0.3 is 4.57 Å². The lowest BCUT2D eigenvalue weighted by Gasteiger charge is -2.30. The third-order valence-electron chi connectivity index (χ3n) is 3.41. The van der Waals surface area contributed by atoms with E-state index in [2.05, 4.69) is 68.4 Å². The summed E-state index contributed by atoms with van der Waals surface area (Å²) < 4.78 is 1.88. The van der Waals surface area contributed by atoms with Crippen molar-refractivity contribution in [3.63, 3.8) is 0 Å². The lowest BCUT2D eigenvalue weighted by atomic mass is 9.82. The predicted molar refractivity (Wildman–Crippen MR) is 83.1 cm³/mol. The van der Waals surface area contributed by atoms with Crippen molar-refractivity contribution in [1.29, 1.82) is 0 Å². The van der Waals surface area contributed by atoms with Crippen LogP contribution < -0.4 is 5.56 Å². The first-order valence-electron chi connectivity index (χ1n) is 7.03. The van der Waals surface area contributed by atoms with Gasteiger partial charge in [-0.2, -0.15) is 0 Å². The summed E-state index contributed by atoms with van der Waals surface area (Å²) in [4.78, 5) is 12.7. The highest BCUT2D eigenvalue weighted by Gasteiger charge is 2.26. The molecule has 108 valence electrons. The number of hydrogen-bond acceptors (Lipinski definition) is 1. The maximum atomic E-state index is 12.7. The van der Waals surface area contributed by atoms with Crippen LogP contribution in [0, 0.1) is 0 Å². The normalized spacial score (nSPS) is 13.7. The standard InChI is InChI=1S/C17H29NO/c1-15(2,3)12-10-13(16(4,5)6)14(19)18(11-12)17(7,8)9/h10-11H,1-9H3. The molecule has 2 heteroatoms. The second-order valence-corrected chi connectivity index (χ2v) is 8.49. The van der Waals surface area contributed by atoms with Crippen molar-refractivity contribution in [1.82, 2.24) is 4.57 Å². The van der Waals surface area contributed by atoms with Gasteiger partial charge in [0.2, 0.25) is 0 Å². The summed E-state index contributed by atoms with van der Waals surface area (Å²) >= 11 is 0. The summed E-state index contributed by atoms with van der Waals surface area (Å²) in [5.74, 6) is 0. The van der Waals surface area contributed by atoms with Crippen LogP contribution in [0.1, 0.15) is 73.4 Å². The molecule has 2 nitrogen and oxygen atoms in total. The quantitative estimate of drug-likeness (QED) is 0.687. The van der Waals surface area contributed by atoms with Gasteiger partial charge in [-0.15, -0.1) is 0 Å². The van der Waals surface area contributed by atoms with E-state index in [4.69, 9.17) is 0 Å². The molecule has 0 unspecified atom stereocenters. The summed E-state index contributed by atoms with van der Waals surface area (Å²) in [6.45, 7) is 19.1. The van der Waals surface area contributed by atoms with E-state index in [0.29, 0.717) is 0 Å². The first-order valence-corrected chi connectivity index (χ1v) is 7.03. The summed E-state index contributed by atoms with van der Waals surface area (Å²) in [5.41, 5.74) is 1.96. The molecule has 0 fully saturated rings. The van der Waals surface area contributed by atoms with Gasteiger partial charge in [-0.1, -0.05) is 41.5 Å². The fraction of sp³-hybridized carbons (Fsp3) is 0.706. The average molecular weight is 263 g/mol. The van der Waals surface area contributed by atoms with E-state index in [0.717, 1.165) is 5.56 Å². The highest BCUT2D eigenvalue weighted by atomic mass is 16.1. The van der Waals surface area contributed by atoms with Gasteiger partial charge in [-0.05, 0) is 43.2 Å². The van der Waals surface area contributed by atoms with Crippen LogP contribution in [0.25, 0.3) is 0 Å². The van der Waals surface area contributed by atoms with Crippen molar-refractivity contribution < 1.29 is 0 Å². The maximum absolute atomic E-state index is 12.7. The Morgan fingerprint density at radius 2 is 1.32 bits per heavy atom. The van der Waals surface area contributed by atoms with E-state index in [1.165, 1.54) is 5.56 Å². The molecule has 0 atom stereocenters. The average Bonchev–Trinajstić information content (AvgIpc) is 2.11. The molecular weight excluding hydrogens is 234 g/mol. The molecule has 0 spiro atoms. The summed E-state index contributed by atoms with van der Waals surface area (Å²) in [7, 11) is 0. The molecule has 0 N–H and O–H groups in total. The third-order valence-corrected chi connectivity index (χ3v) is 3.41. The van der Waals surface area contributed by atoms with Gasteiger partial charge in [0, 0.05) is 17.3 Å². The van der Waals surface area contributed by atoms with E-state index < -0.39 is 0 Å². The molecular formula is C17H29NO. The van der Waals surface area contributed by atoms with Crippen LogP contribution in [-0.4, -0.2) is 4.57 Å². The number of pyridine rings is 1. The van der Waals surface area contributed by atoms with E-state index in [1.807, 2.05) is 10.8 Å². The fourth-order valence-electron chi connectivity index (χ4n) is 2.03. The van der Waals surface area contributed by atoms with Gasteiger partial charge >= 0.3 is 0 Å². The zero-order chi connectivity index (χ0) is 15.2. The second-order valence-electron chi connectivity index (χ2n) is 8.49. The van der Waals surface area contributed by atoms with E-state index in [-0.39, 0.29) is 21.9 Å². The molecule has 0 aliphatic heterocycles. The smallest absolute Gasteiger partial charge is 0.254 e. The molecule has 19 heavy (non-hydrogen) atoms. The molecule has 1 aromatic rings. The molecule has 0 bridgehead atoms. The third kappa shape index (κ3) is 3.49. The van der Waals surface area contributed by atoms with Crippen LogP contribution in [0.15, 0.2) is 17.1 Å². The van der Waals surface area contributed by atoms with E-state index >= 15 is 0 Å². The minimum absolute atomic E-state index is 0.0424. The highest BCUT2D eigenvalue weighted by molar-refractivity contribution is 5.30. The Labute approximate surface area is 117 Å². The van der Waals surface area contributed by atoms with Crippen molar-refractivity contribution in [2.75, 3.05) is 0 Å². The van der Waals surface area contributed by atoms with Crippen LogP contribution in [0.2, 0.25) is 0 Å². The number of nitrogens with zero attached hydrogens (tertiary/aromatic N) is 1. The van der Waals surface area contributed by atoms with Crippen LogP contribution in [0.5, 0.6) is 0 Å². The summed E-state index contributed by atoms with van der Waals surface area (Å²) in [6.07, 6.45) is 2.03. The molecule has 0 radical (unpaired) electrons. The van der Waals surface area contributed by atoms with Gasteiger partial charge in [0.25, 0.3) is 5.56 Å². The molecule has 1 aromatic heterocycles. The van der Waals surface area contributed by atoms with Crippen molar-refractivity contribution in [2.45, 2.75) is 78.7 Å². The summed E-state index contributed by atoms with van der Waals surface area (Å²) in [6, 6.07) is 2.09. The van der Waals surface area contributed by atoms with Crippen molar-refractivity contribution >= 4 is 0 Å². The molecule has 0 aromatic carbocycles. The zero-order valence-electron chi connectivity index (χ0n) is 14.0. The predicted octanol–water partition coefficient (Wildman–Crippen LogP) is 4.20. The van der Waals surface area contributed by atoms with Crippen LogP contribution in [0.3, 0.4) is 0 Å². The van der Waals surface area contributed by atoms with Gasteiger partial charge in [-0.3, -0.25) is 4.79 Å². The number of hydrogen-bond donors (Lipinski definition) is 0. The number of rotatable bonds is 0. The van der Waals surface area contributed by atoms with Crippen LogP contribution in [0.4, 0.5) is 0 Å². The Balaban J connectivity index is 3.73. The molecule has 0 saturated heterocycles. The minimum atomic E-state index is -0.196. The van der Waals surface area contributed by atoms with Gasteiger partial charge in [0.1, 0.15) is 0 Å². The molecule has 0 aliphatic carbocycles. The van der Waals surface area contributed by atoms with Crippen molar-refractivity contribution in [3.8, 4) is 0 Å². The van der Waals surface area contributed by atoms with Gasteiger partial charge in [0.15, 0.2) is 0 Å². The van der Waals surface area contributed by atoms with Crippen LogP contribution >= 0.6 is 0 Å². The Hall–Kier alpha value is -1.05. The fourth-order valence-corrected chi connectivity index (χ4v) is 2.03. The molecule has 1 rings (SSSR count). The topological polar surface area (TPSA) is 22.0 Å². The number of aromatic nitrogens is 1. The van der Waals surface area contributed by atoms with E-state index in [1.54, 1.807) is 0 Å². The van der Waals surface area contributed by atoms with Gasteiger partial charge in [0.05, 0.1) is 0 Å². The molecule has 0 aliphatic rings. The van der Waals surface area contributed by atoms with Crippen molar-refractivity contribution in [3.05, 3.63) is 33.7 Å².